The summed E-state index contributed by atoms with van der Waals surface area (Å²) in [6.45, 7) is 2.81. The summed E-state index contributed by atoms with van der Waals surface area (Å²) < 4.78 is 0. The Hall–Kier alpha value is -2.01. The van der Waals surface area contributed by atoms with Crippen LogP contribution < -0.4 is 10.2 Å². The molecule has 1 amide bonds. The molecule has 1 rings (SSSR count). The molecule has 0 saturated heterocycles. The summed E-state index contributed by atoms with van der Waals surface area (Å²) in [7, 11) is 1.57. The molecule has 0 atom stereocenters. The second-order valence-electron chi connectivity index (χ2n) is 4.44. The average molecular weight is 311 g/mol. The fourth-order valence-electron chi connectivity index (χ4n) is 1.95. The number of likely N-dealkylation sites (N-methyl/N-ethyl adjacent to an activating group) is 1. The van der Waals surface area contributed by atoms with Crippen LogP contribution in [0.1, 0.15) is 18.9 Å². The monoisotopic (exact) mass is 310 g/mol. The van der Waals surface area contributed by atoms with Crippen LogP contribution in [0.15, 0.2) is 24.3 Å². The number of carbonyl (C=O) groups excluding carboxylic acids is 1. The Morgan fingerprint density at radius 3 is 2.71 bits per heavy atom. The van der Waals surface area contributed by atoms with Gasteiger partial charge in [-0.2, -0.15) is 0 Å². The van der Waals surface area contributed by atoms with Crippen LogP contribution >= 0.6 is 11.6 Å². The van der Waals surface area contributed by atoms with Gasteiger partial charge in [-0.25, -0.2) is 4.79 Å². The highest BCUT2D eigenvalue weighted by atomic mass is 35.5. The average Bonchev–Trinajstić information content (AvgIpc) is 2.44. The lowest BCUT2D eigenvalue weighted by Crippen LogP contribution is -2.36. The standard InChI is InChI=1S/C15H19ClN2O3/c1-3-9-18(10-13(19)17-2)15-11(7-8-14(20)21)5-4-6-12(15)16/h4-8H,3,9-10H2,1-2H3,(H,17,19)(H,20,21)/b8-7+. The first-order valence-corrected chi connectivity index (χ1v) is 7.02. The Morgan fingerprint density at radius 2 is 2.14 bits per heavy atom. The topological polar surface area (TPSA) is 69.6 Å². The largest absolute Gasteiger partial charge is 0.478 e. The van der Waals surface area contributed by atoms with E-state index in [0.717, 1.165) is 12.5 Å². The van der Waals surface area contributed by atoms with Gasteiger partial charge in [-0.15, -0.1) is 0 Å². The second-order valence-corrected chi connectivity index (χ2v) is 4.85. The molecular formula is C15H19ClN2O3. The lowest BCUT2D eigenvalue weighted by Gasteiger charge is -2.26. The molecule has 0 saturated carbocycles. The zero-order valence-electron chi connectivity index (χ0n) is 12.1. The van der Waals surface area contributed by atoms with Crippen molar-refractivity contribution < 1.29 is 14.7 Å². The maximum atomic E-state index is 11.7. The number of carbonyl (C=O) groups is 2. The van der Waals surface area contributed by atoms with Gasteiger partial charge in [0.25, 0.3) is 0 Å². The first-order valence-electron chi connectivity index (χ1n) is 6.64. The van der Waals surface area contributed by atoms with Gasteiger partial charge in [-0.3, -0.25) is 4.79 Å². The van der Waals surface area contributed by atoms with Crippen LogP contribution in [-0.2, 0) is 9.59 Å². The molecule has 0 aliphatic carbocycles. The number of carboxylic acid groups (broad SMARTS) is 1. The van der Waals surface area contributed by atoms with E-state index in [1.165, 1.54) is 6.08 Å². The molecule has 2 N–H and O–H groups in total. The number of nitrogens with zero attached hydrogens (tertiary/aromatic N) is 1. The Morgan fingerprint density at radius 1 is 1.43 bits per heavy atom. The lowest BCUT2D eigenvalue weighted by atomic mass is 10.1. The molecule has 1 aromatic rings. The van der Waals surface area contributed by atoms with Crippen LogP contribution in [0.3, 0.4) is 0 Å². The van der Waals surface area contributed by atoms with Crippen molar-refractivity contribution in [1.29, 1.82) is 0 Å². The van der Waals surface area contributed by atoms with Crippen LogP contribution in [0.25, 0.3) is 6.08 Å². The minimum absolute atomic E-state index is 0.128. The molecule has 0 radical (unpaired) electrons. The van der Waals surface area contributed by atoms with Gasteiger partial charge in [0.2, 0.25) is 5.91 Å². The van der Waals surface area contributed by atoms with E-state index in [2.05, 4.69) is 5.32 Å². The smallest absolute Gasteiger partial charge is 0.328 e. The van der Waals surface area contributed by atoms with Gasteiger partial charge in [0.1, 0.15) is 0 Å². The first-order chi connectivity index (χ1) is 9.99. The number of hydrogen-bond acceptors (Lipinski definition) is 3. The summed E-state index contributed by atoms with van der Waals surface area (Å²) in [5.74, 6) is -1.16. The third-order valence-electron chi connectivity index (χ3n) is 2.85. The zero-order chi connectivity index (χ0) is 15.8. The number of nitrogens with one attached hydrogen (secondary N) is 1. The molecule has 1 aromatic carbocycles. The van der Waals surface area contributed by atoms with Crippen LogP contribution in [0.5, 0.6) is 0 Å². The summed E-state index contributed by atoms with van der Waals surface area (Å²) in [4.78, 5) is 24.2. The number of aliphatic carboxylic acids is 1. The zero-order valence-corrected chi connectivity index (χ0v) is 12.9. The summed E-state index contributed by atoms with van der Waals surface area (Å²) >= 11 is 6.25. The number of rotatable bonds is 7. The molecule has 0 fully saturated rings. The van der Waals surface area contributed by atoms with Gasteiger partial charge >= 0.3 is 5.97 Å². The van der Waals surface area contributed by atoms with E-state index in [0.29, 0.717) is 22.8 Å². The van der Waals surface area contributed by atoms with Crippen molar-refractivity contribution in [2.45, 2.75) is 13.3 Å². The van der Waals surface area contributed by atoms with Crippen molar-refractivity contribution in [3.63, 3.8) is 0 Å². The molecule has 0 unspecified atom stereocenters. The van der Waals surface area contributed by atoms with Crippen molar-refractivity contribution in [3.05, 3.63) is 34.9 Å². The van der Waals surface area contributed by atoms with Crippen molar-refractivity contribution in [2.24, 2.45) is 0 Å². The minimum Gasteiger partial charge on any atom is -0.478 e. The number of carboxylic acids is 1. The maximum Gasteiger partial charge on any atom is 0.328 e. The highest BCUT2D eigenvalue weighted by molar-refractivity contribution is 6.33. The second kappa shape index (κ2) is 8.32. The van der Waals surface area contributed by atoms with E-state index in [4.69, 9.17) is 16.7 Å². The number of anilines is 1. The van der Waals surface area contributed by atoms with Gasteiger partial charge in [0.15, 0.2) is 0 Å². The Bertz CT molecular complexity index is 544. The molecular weight excluding hydrogens is 292 g/mol. The van der Waals surface area contributed by atoms with Crippen molar-refractivity contribution >= 4 is 35.2 Å². The highest BCUT2D eigenvalue weighted by Gasteiger charge is 2.16. The molecule has 0 heterocycles. The fraction of sp³-hybridized carbons (Fsp3) is 0.333. The van der Waals surface area contributed by atoms with Gasteiger partial charge in [-0.1, -0.05) is 30.7 Å². The summed E-state index contributed by atoms with van der Waals surface area (Å²) in [5.41, 5.74) is 1.34. The van der Waals surface area contributed by atoms with Crippen LogP contribution in [0.4, 0.5) is 5.69 Å². The van der Waals surface area contributed by atoms with E-state index in [9.17, 15) is 9.59 Å². The molecule has 6 heteroatoms. The third-order valence-corrected chi connectivity index (χ3v) is 3.15. The van der Waals surface area contributed by atoms with Crippen molar-refractivity contribution in [3.8, 4) is 0 Å². The summed E-state index contributed by atoms with van der Waals surface area (Å²) in [5, 5.41) is 11.8. The molecule has 0 aliphatic heterocycles. The predicted octanol–water partition coefficient (Wildman–Crippen LogP) is 2.40. The number of halogens is 1. The predicted molar refractivity (Wildman–Crippen MR) is 84.7 cm³/mol. The van der Waals surface area contributed by atoms with Crippen molar-refractivity contribution in [2.75, 3.05) is 25.0 Å². The Labute approximate surface area is 129 Å². The number of para-hydroxylation sites is 1. The van der Waals surface area contributed by atoms with E-state index in [1.807, 2.05) is 11.8 Å². The third kappa shape index (κ3) is 5.11. The van der Waals surface area contributed by atoms with Crippen LogP contribution in [0.2, 0.25) is 5.02 Å². The molecule has 5 nitrogen and oxygen atoms in total. The molecule has 21 heavy (non-hydrogen) atoms. The molecule has 114 valence electrons. The maximum absolute atomic E-state index is 11.7. The Balaban J connectivity index is 3.21. The fourth-order valence-corrected chi connectivity index (χ4v) is 2.25. The van der Waals surface area contributed by atoms with Gasteiger partial charge in [0, 0.05) is 19.7 Å². The SMILES string of the molecule is CCCN(CC(=O)NC)c1c(Cl)cccc1/C=C/C(=O)O. The van der Waals surface area contributed by atoms with Crippen LogP contribution in [-0.4, -0.2) is 37.1 Å². The molecule has 0 bridgehead atoms. The first kappa shape index (κ1) is 17.0. The summed E-state index contributed by atoms with van der Waals surface area (Å²) in [6, 6.07) is 5.24. The lowest BCUT2D eigenvalue weighted by molar-refractivity contribution is -0.131. The van der Waals surface area contributed by atoms with Gasteiger partial charge in [0.05, 0.1) is 17.3 Å². The van der Waals surface area contributed by atoms with Gasteiger partial charge < -0.3 is 15.3 Å². The minimum atomic E-state index is -1.03. The number of hydrogen-bond donors (Lipinski definition) is 2. The van der Waals surface area contributed by atoms with E-state index in [-0.39, 0.29) is 12.5 Å². The van der Waals surface area contributed by atoms with E-state index < -0.39 is 5.97 Å². The van der Waals surface area contributed by atoms with Crippen molar-refractivity contribution in [1.82, 2.24) is 5.32 Å². The van der Waals surface area contributed by atoms with E-state index >= 15 is 0 Å². The summed E-state index contributed by atoms with van der Waals surface area (Å²) in [6.07, 6.45) is 3.37. The molecule has 0 aromatic heterocycles. The number of amides is 1. The van der Waals surface area contributed by atoms with E-state index in [1.54, 1.807) is 25.2 Å². The normalized spacial score (nSPS) is 10.6. The molecule has 0 aliphatic rings. The number of benzene rings is 1. The quantitative estimate of drug-likeness (QED) is 0.759. The highest BCUT2D eigenvalue weighted by Crippen LogP contribution is 2.31. The molecule has 0 spiro atoms. The van der Waals surface area contributed by atoms with Gasteiger partial charge in [-0.05, 0) is 24.1 Å². The van der Waals surface area contributed by atoms with Crippen LogP contribution in [0, 0.1) is 0 Å². The Kier molecular flexibility index (Phi) is 6.75.